The second-order valence-electron chi connectivity index (χ2n) is 10.7. The number of rotatable bonds is 9. The molecule has 2 heterocycles. The molecule has 1 saturated heterocycles. The van der Waals surface area contributed by atoms with Crippen molar-refractivity contribution in [1.29, 1.82) is 0 Å². The predicted molar refractivity (Wildman–Crippen MR) is 145 cm³/mol. The zero-order valence-corrected chi connectivity index (χ0v) is 21.9. The van der Waals surface area contributed by atoms with Crippen molar-refractivity contribution in [2.45, 2.75) is 68.3 Å². The van der Waals surface area contributed by atoms with Crippen LogP contribution in [0, 0.1) is 5.92 Å². The highest BCUT2D eigenvalue weighted by atomic mass is 32.2. The zero-order chi connectivity index (χ0) is 24.5. The number of hydrogen-bond acceptors (Lipinski definition) is 3. The first-order valence-corrected chi connectivity index (χ1v) is 14.5. The number of nitrogens with zero attached hydrogens (tertiary/aromatic N) is 3. The summed E-state index contributed by atoms with van der Waals surface area (Å²) in [6.45, 7) is 5.21. The number of thioether (sulfide) groups is 1. The third-order valence-electron chi connectivity index (χ3n) is 7.85. The summed E-state index contributed by atoms with van der Waals surface area (Å²) in [4.78, 5) is 16.6. The molecule has 3 fully saturated rings. The Morgan fingerprint density at radius 1 is 1.00 bits per heavy atom. The third kappa shape index (κ3) is 5.34. The highest BCUT2D eigenvalue weighted by Crippen LogP contribution is 2.45. The molecule has 188 valence electrons. The van der Waals surface area contributed by atoms with Crippen LogP contribution in [-0.2, 0) is 13.1 Å². The smallest absolute Gasteiger partial charge is 0.317 e. The lowest BCUT2D eigenvalue weighted by molar-refractivity contribution is 0.207. The molecule has 2 unspecified atom stereocenters. The Kier molecular flexibility index (Phi) is 6.79. The summed E-state index contributed by atoms with van der Waals surface area (Å²) in [7, 11) is 0. The number of urea groups is 1. The van der Waals surface area contributed by atoms with Crippen LogP contribution in [0.4, 0.5) is 4.79 Å². The van der Waals surface area contributed by atoms with E-state index in [4.69, 9.17) is 5.10 Å². The Morgan fingerprint density at radius 3 is 2.44 bits per heavy atom. The van der Waals surface area contributed by atoms with Crippen molar-refractivity contribution in [3.8, 4) is 0 Å². The van der Waals surface area contributed by atoms with Crippen LogP contribution in [0.2, 0.25) is 0 Å². The van der Waals surface area contributed by atoms with Gasteiger partial charge in [0.05, 0.1) is 5.69 Å². The summed E-state index contributed by atoms with van der Waals surface area (Å²) in [6.07, 6.45) is 5.16. The fourth-order valence-corrected chi connectivity index (χ4v) is 6.15. The Morgan fingerprint density at radius 2 is 1.75 bits per heavy atom. The van der Waals surface area contributed by atoms with Crippen LogP contribution in [0.25, 0.3) is 0 Å². The molecule has 0 bridgehead atoms. The van der Waals surface area contributed by atoms with Crippen molar-refractivity contribution in [3.63, 3.8) is 0 Å². The Bertz CT molecular complexity index is 1180. The fraction of sp³-hybridized carbons (Fsp3) is 0.467. The monoisotopic (exact) mass is 500 g/mol. The molecule has 1 aromatic heterocycles. The van der Waals surface area contributed by atoms with Gasteiger partial charge in [-0.25, -0.2) is 4.79 Å². The van der Waals surface area contributed by atoms with Crippen LogP contribution in [0.5, 0.6) is 0 Å². The van der Waals surface area contributed by atoms with Gasteiger partial charge in [0.15, 0.2) is 0 Å². The second-order valence-corrected chi connectivity index (χ2v) is 12.0. The van der Waals surface area contributed by atoms with Gasteiger partial charge in [-0.1, -0.05) is 49.4 Å². The van der Waals surface area contributed by atoms with Crippen molar-refractivity contribution in [2.75, 3.05) is 18.8 Å². The lowest BCUT2D eigenvalue weighted by atomic mass is 9.86. The maximum atomic E-state index is 13.3. The van der Waals surface area contributed by atoms with Gasteiger partial charge in [-0.2, -0.15) is 5.10 Å². The summed E-state index contributed by atoms with van der Waals surface area (Å²) in [5.41, 5.74) is 5.05. The minimum atomic E-state index is 0.0288. The topological polar surface area (TPSA) is 50.2 Å². The number of benzene rings is 2. The Balaban J connectivity index is 1.20. The molecule has 1 N–H and O–H groups in total. The van der Waals surface area contributed by atoms with E-state index in [0.29, 0.717) is 12.5 Å². The van der Waals surface area contributed by atoms with Crippen LogP contribution in [-0.4, -0.2) is 39.6 Å². The van der Waals surface area contributed by atoms with Gasteiger partial charge in [-0.3, -0.25) is 4.68 Å². The third-order valence-corrected chi connectivity index (χ3v) is 8.74. The van der Waals surface area contributed by atoms with Crippen LogP contribution in [0.15, 0.2) is 65.6 Å². The SMILES string of the molecule is CCSc1ccc(CNC(=O)N2CC(c3ccccc3)C(c3cc(C4CC4)nn3CC3CC3)C2)cc1. The number of amides is 2. The number of hydrogen-bond donors (Lipinski definition) is 1. The number of aromatic nitrogens is 2. The minimum Gasteiger partial charge on any atom is -0.334 e. The maximum Gasteiger partial charge on any atom is 0.317 e. The van der Waals surface area contributed by atoms with E-state index in [1.807, 2.05) is 16.7 Å². The van der Waals surface area contributed by atoms with Crippen LogP contribution in [0.3, 0.4) is 0 Å². The maximum absolute atomic E-state index is 13.3. The molecule has 3 aromatic rings. The number of carbonyl (C=O) groups is 1. The second kappa shape index (κ2) is 10.3. The average Bonchev–Trinajstić information content (AvgIpc) is 3.83. The molecule has 3 aliphatic rings. The molecule has 2 atom stereocenters. The molecule has 1 aliphatic heterocycles. The average molecular weight is 501 g/mol. The van der Waals surface area contributed by atoms with E-state index in [0.717, 1.165) is 36.9 Å². The van der Waals surface area contributed by atoms with E-state index in [2.05, 4.69) is 77.6 Å². The Labute approximate surface area is 218 Å². The number of carbonyl (C=O) groups excluding carboxylic acids is 1. The van der Waals surface area contributed by atoms with Crippen molar-refractivity contribution >= 4 is 17.8 Å². The van der Waals surface area contributed by atoms with Crippen molar-refractivity contribution in [3.05, 3.63) is 83.2 Å². The Hall–Kier alpha value is -2.73. The molecule has 2 saturated carbocycles. The molecule has 2 amide bonds. The van der Waals surface area contributed by atoms with E-state index in [1.54, 1.807) is 0 Å². The van der Waals surface area contributed by atoms with E-state index in [9.17, 15) is 4.79 Å². The molecule has 6 rings (SSSR count). The van der Waals surface area contributed by atoms with Crippen LogP contribution >= 0.6 is 11.8 Å². The molecule has 6 heteroatoms. The van der Waals surface area contributed by atoms with Crippen molar-refractivity contribution in [2.24, 2.45) is 5.92 Å². The molecular weight excluding hydrogens is 464 g/mol. The van der Waals surface area contributed by atoms with E-state index >= 15 is 0 Å². The van der Waals surface area contributed by atoms with Gasteiger partial charge in [0.2, 0.25) is 0 Å². The summed E-state index contributed by atoms with van der Waals surface area (Å²) in [6, 6.07) is 21.7. The molecule has 2 aromatic carbocycles. The first-order valence-electron chi connectivity index (χ1n) is 13.5. The summed E-state index contributed by atoms with van der Waals surface area (Å²) in [5.74, 6) is 3.03. The van der Waals surface area contributed by atoms with Crippen LogP contribution < -0.4 is 5.32 Å². The van der Waals surface area contributed by atoms with E-state index in [1.165, 1.54) is 47.5 Å². The molecule has 36 heavy (non-hydrogen) atoms. The molecule has 5 nitrogen and oxygen atoms in total. The van der Waals surface area contributed by atoms with Crippen molar-refractivity contribution in [1.82, 2.24) is 20.0 Å². The molecular formula is C30H36N4OS. The molecule has 2 aliphatic carbocycles. The number of nitrogens with one attached hydrogen (secondary N) is 1. The van der Waals surface area contributed by atoms with Crippen LogP contribution in [0.1, 0.15) is 72.9 Å². The lowest BCUT2D eigenvalue weighted by Gasteiger charge is -2.20. The summed E-state index contributed by atoms with van der Waals surface area (Å²) >= 11 is 1.84. The van der Waals surface area contributed by atoms with Gasteiger partial charge in [-0.05, 0) is 66.7 Å². The highest BCUT2D eigenvalue weighted by Gasteiger charge is 2.40. The highest BCUT2D eigenvalue weighted by molar-refractivity contribution is 7.99. The van der Waals surface area contributed by atoms with Gasteiger partial charge >= 0.3 is 6.03 Å². The quantitative estimate of drug-likeness (QED) is 0.347. The first kappa shape index (κ1) is 23.7. The van der Waals surface area contributed by atoms with Gasteiger partial charge in [0.1, 0.15) is 0 Å². The first-order chi connectivity index (χ1) is 17.7. The summed E-state index contributed by atoms with van der Waals surface area (Å²) in [5, 5.41) is 8.27. The number of likely N-dealkylation sites (tertiary alicyclic amines) is 1. The molecule has 0 spiro atoms. The van der Waals surface area contributed by atoms with Gasteiger partial charge in [0, 0.05) is 54.5 Å². The normalized spacial score (nSPS) is 21.6. The lowest BCUT2D eigenvalue weighted by Crippen LogP contribution is -2.38. The molecule has 0 radical (unpaired) electrons. The van der Waals surface area contributed by atoms with Gasteiger partial charge < -0.3 is 10.2 Å². The van der Waals surface area contributed by atoms with E-state index < -0.39 is 0 Å². The van der Waals surface area contributed by atoms with Gasteiger partial charge in [0.25, 0.3) is 0 Å². The van der Waals surface area contributed by atoms with Gasteiger partial charge in [-0.15, -0.1) is 11.8 Å². The predicted octanol–water partition coefficient (Wildman–Crippen LogP) is 6.38. The fourth-order valence-electron chi connectivity index (χ4n) is 5.49. The van der Waals surface area contributed by atoms with E-state index in [-0.39, 0.29) is 17.9 Å². The largest absolute Gasteiger partial charge is 0.334 e. The standard InChI is InChI=1S/C30H36N4OS/c1-2-36-25-14-10-21(11-15-25)17-31-30(35)33-19-26(23-6-4-3-5-7-23)27(20-33)29-16-28(24-12-13-24)32-34(29)18-22-8-9-22/h3-7,10-11,14-16,22,24,26-27H,2,8-9,12-13,17-20H2,1H3,(H,31,35). The summed E-state index contributed by atoms with van der Waals surface area (Å²) < 4.78 is 2.31. The van der Waals surface area contributed by atoms with Crippen molar-refractivity contribution < 1.29 is 4.79 Å². The zero-order valence-electron chi connectivity index (χ0n) is 21.1. The minimum absolute atomic E-state index is 0.0288.